The van der Waals surface area contributed by atoms with E-state index in [0.717, 1.165) is 21.6 Å². The molecule has 1 aliphatic heterocycles. The van der Waals surface area contributed by atoms with Crippen LogP contribution in [0.25, 0.3) is 0 Å². The van der Waals surface area contributed by atoms with E-state index in [0.29, 0.717) is 62.0 Å². The Morgan fingerprint density at radius 1 is 1.24 bits per heavy atom. The van der Waals surface area contributed by atoms with Gasteiger partial charge < -0.3 is 24.2 Å². The summed E-state index contributed by atoms with van der Waals surface area (Å²) < 4.78 is 33.9. The van der Waals surface area contributed by atoms with Gasteiger partial charge in [-0.2, -0.15) is 0 Å². The normalized spacial score (nSPS) is 12.8. The van der Waals surface area contributed by atoms with Crippen LogP contribution in [0.2, 0.25) is 0 Å². The molecule has 172 valence electrons. The number of methoxy groups -OCH3 is 1. The SMILES string of the molecule is COCc1ccc(F)cc1CN1CCOc2cc(C(=O)NCc3ccc(SO)cc3)cnc21. The number of benzene rings is 2. The Balaban J connectivity index is 1.46. The van der Waals surface area contributed by atoms with Gasteiger partial charge in [0.1, 0.15) is 12.4 Å². The molecule has 0 fully saturated rings. The Morgan fingerprint density at radius 3 is 2.82 bits per heavy atom. The number of hydrogen-bond donors (Lipinski definition) is 2. The molecule has 2 aromatic carbocycles. The summed E-state index contributed by atoms with van der Waals surface area (Å²) in [5.41, 5.74) is 3.04. The zero-order valence-electron chi connectivity index (χ0n) is 18.1. The molecule has 0 saturated heterocycles. The molecule has 0 atom stereocenters. The van der Waals surface area contributed by atoms with Crippen molar-refractivity contribution >= 4 is 23.8 Å². The Kier molecular flexibility index (Phi) is 7.43. The lowest BCUT2D eigenvalue weighted by Gasteiger charge is -2.31. The van der Waals surface area contributed by atoms with Crippen LogP contribution in [-0.4, -0.2) is 35.7 Å². The third-order valence-electron chi connectivity index (χ3n) is 5.32. The molecule has 1 amide bonds. The molecule has 0 aliphatic carbocycles. The first kappa shape index (κ1) is 23.0. The van der Waals surface area contributed by atoms with Crippen molar-refractivity contribution in [2.45, 2.75) is 24.6 Å². The van der Waals surface area contributed by atoms with E-state index in [1.54, 1.807) is 31.4 Å². The maximum Gasteiger partial charge on any atom is 0.253 e. The van der Waals surface area contributed by atoms with Gasteiger partial charge in [-0.3, -0.25) is 4.79 Å². The predicted octanol–water partition coefficient (Wildman–Crippen LogP) is 4.26. The van der Waals surface area contributed by atoms with Crippen LogP contribution in [0, 0.1) is 5.82 Å². The van der Waals surface area contributed by atoms with E-state index in [2.05, 4.69) is 10.3 Å². The molecule has 4 rings (SSSR count). The first-order chi connectivity index (χ1) is 16.1. The highest BCUT2D eigenvalue weighted by molar-refractivity contribution is 7.93. The minimum absolute atomic E-state index is 0.265. The second-order valence-corrected chi connectivity index (χ2v) is 8.23. The summed E-state index contributed by atoms with van der Waals surface area (Å²) in [6.45, 7) is 2.22. The number of fused-ring (bicyclic) bond motifs is 1. The number of nitrogens with one attached hydrogen (secondary N) is 1. The highest BCUT2D eigenvalue weighted by atomic mass is 32.2. The number of aromatic nitrogens is 1. The second kappa shape index (κ2) is 10.7. The average Bonchev–Trinajstić information content (AvgIpc) is 2.84. The molecule has 0 saturated carbocycles. The van der Waals surface area contributed by atoms with Crippen molar-refractivity contribution in [3.63, 3.8) is 0 Å². The van der Waals surface area contributed by atoms with E-state index in [-0.39, 0.29) is 11.7 Å². The molecule has 33 heavy (non-hydrogen) atoms. The summed E-state index contributed by atoms with van der Waals surface area (Å²) in [6.07, 6.45) is 1.52. The van der Waals surface area contributed by atoms with Crippen molar-refractivity contribution in [3.8, 4) is 5.75 Å². The molecule has 7 nitrogen and oxygen atoms in total. The van der Waals surface area contributed by atoms with E-state index in [1.165, 1.54) is 18.3 Å². The molecule has 2 heterocycles. The Hall–Kier alpha value is -3.14. The Morgan fingerprint density at radius 2 is 2.06 bits per heavy atom. The van der Waals surface area contributed by atoms with Gasteiger partial charge in [-0.05, 0) is 47.0 Å². The minimum atomic E-state index is -0.303. The lowest BCUT2D eigenvalue weighted by atomic mass is 10.1. The van der Waals surface area contributed by atoms with Crippen LogP contribution >= 0.6 is 12.0 Å². The van der Waals surface area contributed by atoms with Crippen LogP contribution in [0.1, 0.15) is 27.0 Å². The molecule has 9 heteroatoms. The minimum Gasteiger partial charge on any atom is -0.488 e. The highest BCUT2D eigenvalue weighted by Gasteiger charge is 2.22. The monoisotopic (exact) mass is 469 g/mol. The fourth-order valence-corrected chi connectivity index (χ4v) is 3.88. The maximum absolute atomic E-state index is 13.9. The van der Waals surface area contributed by atoms with Crippen LogP contribution < -0.4 is 15.0 Å². The van der Waals surface area contributed by atoms with Crippen molar-refractivity contribution in [1.29, 1.82) is 0 Å². The third-order valence-corrected chi connectivity index (χ3v) is 5.81. The summed E-state index contributed by atoms with van der Waals surface area (Å²) in [5.74, 6) is 0.563. The van der Waals surface area contributed by atoms with Gasteiger partial charge in [-0.25, -0.2) is 9.37 Å². The van der Waals surface area contributed by atoms with Crippen LogP contribution in [0.5, 0.6) is 5.75 Å². The number of nitrogens with zero attached hydrogens (tertiary/aromatic N) is 2. The first-order valence-corrected chi connectivity index (χ1v) is 11.2. The van der Waals surface area contributed by atoms with Gasteiger partial charge in [0.2, 0.25) is 0 Å². The van der Waals surface area contributed by atoms with Gasteiger partial charge in [-0.1, -0.05) is 18.2 Å². The summed E-state index contributed by atoms with van der Waals surface area (Å²) in [5, 5.41) is 2.87. The average molecular weight is 470 g/mol. The lowest BCUT2D eigenvalue weighted by Crippen LogP contribution is -2.34. The number of ether oxygens (including phenoxy) is 2. The number of halogens is 1. The van der Waals surface area contributed by atoms with Crippen molar-refractivity contribution in [2.75, 3.05) is 25.2 Å². The lowest BCUT2D eigenvalue weighted by molar-refractivity contribution is 0.0950. The number of amides is 1. The van der Waals surface area contributed by atoms with Crippen LogP contribution in [-0.2, 0) is 24.4 Å². The second-order valence-electron chi connectivity index (χ2n) is 7.58. The van der Waals surface area contributed by atoms with E-state index >= 15 is 0 Å². The van der Waals surface area contributed by atoms with Gasteiger partial charge >= 0.3 is 0 Å². The quantitative estimate of drug-likeness (QED) is 0.477. The topological polar surface area (TPSA) is 83.9 Å². The number of rotatable bonds is 8. The molecule has 0 unspecified atom stereocenters. The Bertz CT molecular complexity index is 1130. The van der Waals surface area contributed by atoms with E-state index < -0.39 is 0 Å². The molecule has 0 spiro atoms. The van der Waals surface area contributed by atoms with E-state index in [4.69, 9.17) is 14.0 Å². The number of pyridine rings is 1. The zero-order valence-corrected chi connectivity index (χ0v) is 18.9. The standard InChI is InChI=1S/C24H24FN3O4S/c1-31-15-17-4-5-20(25)10-19(17)14-28-8-9-32-22-11-18(13-26-23(22)28)24(29)27-12-16-2-6-21(33-30)7-3-16/h2-7,10-11,13,30H,8-9,12,14-15H2,1H3,(H,27,29). The molecule has 0 radical (unpaired) electrons. The molecule has 1 aliphatic rings. The van der Waals surface area contributed by atoms with Crippen molar-refractivity contribution in [1.82, 2.24) is 10.3 Å². The van der Waals surface area contributed by atoms with Gasteiger partial charge in [0.05, 0.1) is 18.7 Å². The Labute approximate surface area is 195 Å². The predicted molar refractivity (Wildman–Crippen MR) is 124 cm³/mol. The number of anilines is 1. The maximum atomic E-state index is 13.9. The van der Waals surface area contributed by atoms with E-state index in [9.17, 15) is 9.18 Å². The fourth-order valence-electron chi connectivity index (χ4n) is 3.63. The summed E-state index contributed by atoms with van der Waals surface area (Å²) in [7, 11) is 1.61. The van der Waals surface area contributed by atoms with Crippen molar-refractivity contribution < 1.29 is 23.2 Å². The molecule has 0 bridgehead atoms. The van der Waals surface area contributed by atoms with Crippen LogP contribution in [0.15, 0.2) is 59.6 Å². The molecular formula is C24H24FN3O4S. The molecule has 1 aromatic heterocycles. The van der Waals surface area contributed by atoms with Gasteiger partial charge in [0, 0.05) is 43.3 Å². The first-order valence-electron chi connectivity index (χ1n) is 10.4. The third kappa shape index (κ3) is 5.62. The summed E-state index contributed by atoms with van der Waals surface area (Å²) in [6, 6.07) is 13.6. The highest BCUT2D eigenvalue weighted by Crippen LogP contribution is 2.31. The molecule has 3 aromatic rings. The van der Waals surface area contributed by atoms with Gasteiger partial charge in [-0.15, -0.1) is 0 Å². The van der Waals surface area contributed by atoms with Crippen molar-refractivity contribution in [3.05, 3.63) is 82.8 Å². The largest absolute Gasteiger partial charge is 0.488 e. The van der Waals surface area contributed by atoms with Crippen LogP contribution in [0.4, 0.5) is 10.2 Å². The summed E-state index contributed by atoms with van der Waals surface area (Å²) in [4.78, 5) is 19.9. The zero-order chi connectivity index (χ0) is 23.2. The van der Waals surface area contributed by atoms with E-state index in [1.807, 2.05) is 17.0 Å². The van der Waals surface area contributed by atoms with Gasteiger partial charge in [0.15, 0.2) is 11.6 Å². The van der Waals surface area contributed by atoms with Gasteiger partial charge in [0.25, 0.3) is 5.91 Å². The summed E-state index contributed by atoms with van der Waals surface area (Å²) >= 11 is 0.678. The smallest absolute Gasteiger partial charge is 0.253 e. The number of hydrogen-bond acceptors (Lipinski definition) is 7. The van der Waals surface area contributed by atoms with Crippen molar-refractivity contribution in [2.24, 2.45) is 0 Å². The molecular weight excluding hydrogens is 445 g/mol. The molecule has 2 N–H and O–H groups in total. The number of carbonyl (C=O) groups excluding carboxylic acids is 1. The fraction of sp³-hybridized carbons (Fsp3) is 0.250. The number of carbonyl (C=O) groups is 1. The van der Waals surface area contributed by atoms with Crippen LogP contribution in [0.3, 0.4) is 0 Å².